The molecule has 2 aromatic rings. The van der Waals surface area contributed by atoms with Crippen molar-refractivity contribution in [1.29, 1.82) is 0 Å². The SMILES string of the molecule is Cc1c(C2CCC(=O)CC2)n[nH]c1C1(c2ccc(F)cc2)CC1. The van der Waals surface area contributed by atoms with Crippen LogP contribution < -0.4 is 0 Å². The fraction of sp³-hybridized carbons (Fsp3) is 0.474. The van der Waals surface area contributed by atoms with Crippen molar-refractivity contribution >= 4 is 5.78 Å². The summed E-state index contributed by atoms with van der Waals surface area (Å²) >= 11 is 0. The number of Topliss-reactive ketones (excluding diaryl/α,β-unsaturated/α-hetero) is 1. The van der Waals surface area contributed by atoms with Crippen molar-refractivity contribution in [3.05, 3.63) is 52.6 Å². The van der Waals surface area contributed by atoms with E-state index in [2.05, 4.69) is 17.1 Å². The number of halogens is 1. The first kappa shape index (κ1) is 14.6. The number of nitrogens with one attached hydrogen (secondary N) is 1. The molecule has 0 unspecified atom stereocenters. The molecule has 2 aliphatic rings. The van der Waals surface area contributed by atoms with Crippen LogP contribution in [0.5, 0.6) is 0 Å². The van der Waals surface area contributed by atoms with E-state index in [4.69, 9.17) is 0 Å². The van der Waals surface area contributed by atoms with E-state index in [1.807, 2.05) is 12.1 Å². The molecule has 1 heterocycles. The van der Waals surface area contributed by atoms with Crippen molar-refractivity contribution in [3.63, 3.8) is 0 Å². The maximum absolute atomic E-state index is 13.2. The Kier molecular flexibility index (Phi) is 3.36. The molecule has 3 nitrogen and oxygen atoms in total. The summed E-state index contributed by atoms with van der Waals surface area (Å²) in [6.07, 6.45) is 5.32. The molecule has 2 aliphatic carbocycles. The van der Waals surface area contributed by atoms with Gasteiger partial charge in [0.05, 0.1) is 5.69 Å². The number of hydrogen-bond donors (Lipinski definition) is 1. The standard InChI is InChI=1S/C19H21FN2O/c1-12-17(13-2-8-16(23)9-3-13)21-22-18(12)19(10-11-19)14-4-6-15(20)7-5-14/h4-7,13H,2-3,8-11H2,1H3,(H,21,22). The van der Waals surface area contributed by atoms with E-state index in [1.54, 1.807) is 0 Å². The second kappa shape index (κ2) is 5.29. The van der Waals surface area contributed by atoms with Crippen LogP contribution in [0.25, 0.3) is 0 Å². The van der Waals surface area contributed by atoms with Gasteiger partial charge in [-0.3, -0.25) is 9.89 Å². The highest BCUT2D eigenvalue weighted by atomic mass is 19.1. The highest BCUT2D eigenvalue weighted by Crippen LogP contribution is 2.54. The Hall–Kier alpha value is -1.97. The van der Waals surface area contributed by atoms with Crippen LogP contribution in [-0.4, -0.2) is 16.0 Å². The summed E-state index contributed by atoms with van der Waals surface area (Å²) in [4.78, 5) is 11.5. The molecule has 1 aromatic carbocycles. The molecule has 23 heavy (non-hydrogen) atoms. The zero-order valence-electron chi connectivity index (χ0n) is 13.4. The Morgan fingerprint density at radius 1 is 1.17 bits per heavy atom. The number of hydrogen-bond acceptors (Lipinski definition) is 2. The van der Waals surface area contributed by atoms with E-state index in [9.17, 15) is 9.18 Å². The van der Waals surface area contributed by atoms with E-state index >= 15 is 0 Å². The first-order valence-corrected chi connectivity index (χ1v) is 8.43. The topological polar surface area (TPSA) is 45.8 Å². The number of aromatic amines is 1. The Morgan fingerprint density at radius 3 is 2.43 bits per heavy atom. The van der Waals surface area contributed by atoms with Crippen LogP contribution in [0.3, 0.4) is 0 Å². The van der Waals surface area contributed by atoms with Gasteiger partial charge in [-0.1, -0.05) is 12.1 Å². The van der Waals surface area contributed by atoms with Gasteiger partial charge in [0.2, 0.25) is 0 Å². The third-order valence-electron chi connectivity index (χ3n) is 5.60. The van der Waals surface area contributed by atoms with Gasteiger partial charge in [-0.2, -0.15) is 5.10 Å². The number of nitrogens with zero attached hydrogens (tertiary/aromatic N) is 1. The Labute approximate surface area is 135 Å². The van der Waals surface area contributed by atoms with Gasteiger partial charge in [0.25, 0.3) is 0 Å². The summed E-state index contributed by atoms with van der Waals surface area (Å²) in [6, 6.07) is 6.85. The average Bonchev–Trinajstić information content (AvgIpc) is 3.26. The number of carbonyl (C=O) groups excluding carboxylic acids is 1. The van der Waals surface area contributed by atoms with Gasteiger partial charge in [-0.25, -0.2) is 4.39 Å². The lowest BCUT2D eigenvalue weighted by Crippen LogP contribution is -2.14. The molecule has 0 aliphatic heterocycles. The normalized spacial score (nSPS) is 20.7. The monoisotopic (exact) mass is 312 g/mol. The summed E-state index contributed by atoms with van der Waals surface area (Å²) in [5.41, 5.74) is 4.67. The van der Waals surface area contributed by atoms with Crippen LogP contribution in [0.4, 0.5) is 4.39 Å². The van der Waals surface area contributed by atoms with E-state index < -0.39 is 0 Å². The van der Waals surface area contributed by atoms with Crippen molar-refractivity contribution in [2.75, 3.05) is 0 Å². The number of H-pyrrole nitrogens is 1. The molecule has 0 radical (unpaired) electrons. The molecule has 4 heteroatoms. The second-order valence-corrected chi connectivity index (χ2v) is 7.01. The molecule has 0 saturated heterocycles. The van der Waals surface area contributed by atoms with Gasteiger partial charge < -0.3 is 0 Å². The number of ketones is 1. The predicted molar refractivity (Wildman–Crippen MR) is 86.0 cm³/mol. The van der Waals surface area contributed by atoms with E-state index in [1.165, 1.54) is 23.4 Å². The van der Waals surface area contributed by atoms with Crippen molar-refractivity contribution in [2.45, 2.75) is 56.8 Å². The number of benzene rings is 1. The van der Waals surface area contributed by atoms with Gasteiger partial charge in [-0.15, -0.1) is 0 Å². The van der Waals surface area contributed by atoms with Gasteiger partial charge in [0.1, 0.15) is 11.6 Å². The van der Waals surface area contributed by atoms with Crippen LogP contribution >= 0.6 is 0 Å². The Morgan fingerprint density at radius 2 is 1.83 bits per heavy atom. The first-order valence-electron chi connectivity index (χ1n) is 8.43. The van der Waals surface area contributed by atoms with Crippen molar-refractivity contribution < 1.29 is 9.18 Å². The fourth-order valence-corrected chi connectivity index (χ4v) is 4.07. The minimum atomic E-state index is -0.196. The average molecular weight is 312 g/mol. The van der Waals surface area contributed by atoms with Crippen LogP contribution in [0.15, 0.2) is 24.3 Å². The quantitative estimate of drug-likeness (QED) is 0.925. The third-order valence-corrected chi connectivity index (χ3v) is 5.60. The molecule has 0 atom stereocenters. The predicted octanol–water partition coefficient (Wildman–Crippen LogP) is 4.16. The Balaban J connectivity index is 1.65. The molecule has 1 N–H and O–H groups in total. The second-order valence-electron chi connectivity index (χ2n) is 7.01. The molecule has 120 valence electrons. The summed E-state index contributed by atoms with van der Waals surface area (Å²) in [6.45, 7) is 2.13. The molecule has 0 amide bonds. The molecular formula is C19H21FN2O. The van der Waals surface area contributed by atoms with Crippen LogP contribution in [-0.2, 0) is 10.2 Å². The lowest BCUT2D eigenvalue weighted by Gasteiger charge is -2.20. The molecule has 2 saturated carbocycles. The number of rotatable bonds is 3. The lowest BCUT2D eigenvalue weighted by molar-refractivity contribution is -0.120. The van der Waals surface area contributed by atoms with Crippen molar-refractivity contribution in [3.8, 4) is 0 Å². The largest absolute Gasteiger partial charge is 0.300 e. The maximum atomic E-state index is 13.2. The summed E-state index contributed by atoms with van der Waals surface area (Å²) < 4.78 is 13.2. The molecule has 0 spiro atoms. The van der Waals surface area contributed by atoms with Crippen molar-refractivity contribution in [2.24, 2.45) is 0 Å². The summed E-state index contributed by atoms with van der Waals surface area (Å²) in [5, 5.41) is 7.87. The minimum Gasteiger partial charge on any atom is -0.300 e. The number of carbonyl (C=O) groups is 1. The number of aromatic nitrogens is 2. The zero-order valence-corrected chi connectivity index (χ0v) is 13.4. The van der Waals surface area contributed by atoms with Gasteiger partial charge in [0.15, 0.2) is 0 Å². The van der Waals surface area contributed by atoms with E-state index in [0.29, 0.717) is 24.5 Å². The smallest absolute Gasteiger partial charge is 0.132 e. The first-order chi connectivity index (χ1) is 11.1. The van der Waals surface area contributed by atoms with Crippen LogP contribution in [0.2, 0.25) is 0 Å². The van der Waals surface area contributed by atoms with Crippen molar-refractivity contribution in [1.82, 2.24) is 10.2 Å². The van der Waals surface area contributed by atoms with E-state index in [-0.39, 0.29) is 11.2 Å². The summed E-state index contributed by atoms with van der Waals surface area (Å²) in [5.74, 6) is 0.569. The summed E-state index contributed by atoms with van der Waals surface area (Å²) in [7, 11) is 0. The zero-order chi connectivity index (χ0) is 16.0. The molecule has 0 bridgehead atoms. The molecular weight excluding hydrogens is 291 g/mol. The third kappa shape index (κ3) is 2.41. The van der Waals surface area contributed by atoms with Gasteiger partial charge in [-0.05, 0) is 55.9 Å². The molecule has 1 aromatic heterocycles. The molecule has 4 rings (SSSR count). The highest BCUT2D eigenvalue weighted by Gasteiger charge is 2.48. The fourth-order valence-electron chi connectivity index (χ4n) is 4.07. The van der Waals surface area contributed by atoms with Crippen LogP contribution in [0.1, 0.15) is 67.0 Å². The lowest BCUT2D eigenvalue weighted by atomic mass is 9.83. The van der Waals surface area contributed by atoms with E-state index in [0.717, 1.165) is 36.9 Å². The van der Waals surface area contributed by atoms with Gasteiger partial charge in [0, 0.05) is 29.9 Å². The minimum absolute atomic E-state index is 0.0203. The maximum Gasteiger partial charge on any atom is 0.132 e. The highest BCUT2D eigenvalue weighted by molar-refractivity contribution is 5.79. The van der Waals surface area contributed by atoms with Crippen LogP contribution in [0, 0.1) is 12.7 Å². The van der Waals surface area contributed by atoms with Gasteiger partial charge >= 0.3 is 0 Å². The molecule has 2 fully saturated rings. The Bertz CT molecular complexity index is 733.